The molecule has 0 aliphatic carbocycles. The highest BCUT2D eigenvalue weighted by molar-refractivity contribution is 6.19. The molecule has 0 heterocycles. The fourth-order valence-electron chi connectivity index (χ4n) is 1.76. The summed E-state index contributed by atoms with van der Waals surface area (Å²) in [5.41, 5.74) is 1.82. The Morgan fingerprint density at radius 2 is 1.74 bits per heavy atom. The van der Waals surface area contributed by atoms with Crippen molar-refractivity contribution < 1.29 is 19.8 Å². The van der Waals surface area contributed by atoms with Crippen molar-refractivity contribution in [2.24, 2.45) is 0 Å². The summed E-state index contributed by atoms with van der Waals surface area (Å²) in [6.07, 6.45) is 0.733. The second-order valence-corrected chi connectivity index (χ2v) is 5.48. The summed E-state index contributed by atoms with van der Waals surface area (Å²) in [7, 11) is 0. The maximum absolute atomic E-state index is 11.2. The van der Waals surface area contributed by atoms with E-state index in [4.69, 9.17) is 10.2 Å². The summed E-state index contributed by atoms with van der Waals surface area (Å²) in [4.78, 5) is 22.0. The average Bonchev–Trinajstić information content (AvgIpc) is 2.24. The molecule has 19 heavy (non-hydrogen) atoms. The number of carboxylic acid groups (broad SMARTS) is 2. The largest absolute Gasteiger partial charge is 0.478 e. The minimum atomic E-state index is -1.27. The van der Waals surface area contributed by atoms with Crippen LogP contribution in [0.5, 0.6) is 0 Å². The molecule has 1 aromatic rings. The summed E-state index contributed by atoms with van der Waals surface area (Å²) < 4.78 is 0. The fourth-order valence-corrected chi connectivity index (χ4v) is 1.76. The molecule has 1 rings (SSSR count). The third-order valence-corrected chi connectivity index (χ3v) is 2.89. The van der Waals surface area contributed by atoms with Gasteiger partial charge in [-0.3, -0.25) is 0 Å². The van der Waals surface area contributed by atoms with Gasteiger partial charge >= 0.3 is 11.9 Å². The van der Waals surface area contributed by atoms with Crippen LogP contribution in [0.3, 0.4) is 0 Å². The van der Waals surface area contributed by atoms with E-state index >= 15 is 0 Å². The lowest BCUT2D eigenvalue weighted by molar-refractivity contribution is -0.133. The van der Waals surface area contributed by atoms with E-state index in [-0.39, 0.29) is 11.0 Å². The molecule has 2 N–H and O–H groups in total. The Bertz CT molecular complexity index is 548. The lowest BCUT2D eigenvalue weighted by Crippen LogP contribution is -2.13. The van der Waals surface area contributed by atoms with Crippen LogP contribution in [0.25, 0.3) is 5.57 Å². The first kappa shape index (κ1) is 15.0. The number of carbonyl (C=O) groups is 2. The normalized spacial score (nSPS) is 12.3. The first-order valence-electron chi connectivity index (χ1n) is 5.92. The first-order valence-corrected chi connectivity index (χ1v) is 5.92. The SMILES string of the molecule is Cc1ccc(C(C)(C)C)cc1/C(=C/C(=O)O)C(=O)O. The highest BCUT2D eigenvalue weighted by Gasteiger charge is 2.19. The number of carboxylic acids is 2. The van der Waals surface area contributed by atoms with Gasteiger partial charge in [-0.25, -0.2) is 9.59 Å². The van der Waals surface area contributed by atoms with Crippen LogP contribution in [-0.4, -0.2) is 22.2 Å². The van der Waals surface area contributed by atoms with Gasteiger partial charge < -0.3 is 10.2 Å². The molecule has 4 heteroatoms. The Kier molecular flexibility index (Phi) is 4.14. The van der Waals surface area contributed by atoms with Crippen molar-refractivity contribution in [3.05, 3.63) is 41.0 Å². The van der Waals surface area contributed by atoms with E-state index in [0.29, 0.717) is 5.56 Å². The maximum Gasteiger partial charge on any atom is 0.336 e. The number of rotatable bonds is 3. The van der Waals surface area contributed by atoms with E-state index in [1.807, 2.05) is 32.9 Å². The van der Waals surface area contributed by atoms with Crippen LogP contribution in [0.15, 0.2) is 24.3 Å². The number of aliphatic carboxylic acids is 2. The standard InChI is InChI=1S/C15H18O4/c1-9-5-6-10(15(2,3)4)7-11(9)12(14(18)19)8-13(16)17/h5-8H,1-4H3,(H,16,17)(H,18,19)/b12-8-. The maximum atomic E-state index is 11.2. The zero-order chi connectivity index (χ0) is 14.8. The van der Waals surface area contributed by atoms with Crippen molar-refractivity contribution in [1.29, 1.82) is 0 Å². The Labute approximate surface area is 112 Å². The monoisotopic (exact) mass is 262 g/mol. The molecule has 0 unspecified atom stereocenters. The van der Waals surface area contributed by atoms with Crippen molar-refractivity contribution in [1.82, 2.24) is 0 Å². The van der Waals surface area contributed by atoms with Gasteiger partial charge in [0.15, 0.2) is 0 Å². The molecule has 0 aliphatic rings. The lowest BCUT2D eigenvalue weighted by atomic mass is 9.84. The van der Waals surface area contributed by atoms with Gasteiger partial charge in [0.05, 0.1) is 5.57 Å². The van der Waals surface area contributed by atoms with Crippen LogP contribution < -0.4 is 0 Å². The molecule has 102 valence electrons. The van der Waals surface area contributed by atoms with Gasteiger partial charge in [0, 0.05) is 6.08 Å². The van der Waals surface area contributed by atoms with Gasteiger partial charge in [0.2, 0.25) is 0 Å². The predicted molar refractivity (Wildman–Crippen MR) is 73.1 cm³/mol. The Morgan fingerprint density at radius 3 is 2.16 bits per heavy atom. The predicted octanol–water partition coefficient (Wildman–Crippen LogP) is 2.85. The van der Waals surface area contributed by atoms with Crippen molar-refractivity contribution in [3.63, 3.8) is 0 Å². The van der Waals surface area contributed by atoms with Crippen LogP contribution in [0.2, 0.25) is 0 Å². The Morgan fingerprint density at radius 1 is 1.16 bits per heavy atom. The number of hydrogen-bond donors (Lipinski definition) is 2. The molecule has 0 fully saturated rings. The van der Waals surface area contributed by atoms with E-state index in [1.165, 1.54) is 0 Å². The van der Waals surface area contributed by atoms with Crippen LogP contribution >= 0.6 is 0 Å². The molecule has 0 saturated heterocycles. The van der Waals surface area contributed by atoms with Crippen molar-refractivity contribution in [3.8, 4) is 0 Å². The molecule has 0 aliphatic heterocycles. The first-order chi connectivity index (χ1) is 8.62. The second-order valence-electron chi connectivity index (χ2n) is 5.48. The Hall–Kier alpha value is -2.10. The summed E-state index contributed by atoms with van der Waals surface area (Å²) >= 11 is 0. The molecular formula is C15H18O4. The zero-order valence-electron chi connectivity index (χ0n) is 11.5. The smallest absolute Gasteiger partial charge is 0.336 e. The summed E-state index contributed by atoms with van der Waals surface area (Å²) in [5.74, 6) is -2.51. The average molecular weight is 262 g/mol. The topological polar surface area (TPSA) is 74.6 Å². The minimum absolute atomic E-state index is 0.130. The quantitative estimate of drug-likeness (QED) is 0.821. The van der Waals surface area contributed by atoms with Crippen LogP contribution in [0, 0.1) is 6.92 Å². The molecule has 1 aromatic carbocycles. The van der Waals surface area contributed by atoms with E-state index in [0.717, 1.165) is 17.2 Å². The molecular weight excluding hydrogens is 244 g/mol. The van der Waals surface area contributed by atoms with E-state index in [1.54, 1.807) is 13.0 Å². The highest BCUT2D eigenvalue weighted by Crippen LogP contribution is 2.28. The van der Waals surface area contributed by atoms with Gasteiger partial charge in [0.25, 0.3) is 0 Å². The van der Waals surface area contributed by atoms with Crippen molar-refractivity contribution in [2.45, 2.75) is 33.1 Å². The summed E-state index contributed by atoms with van der Waals surface area (Å²) in [6.45, 7) is 7.81. The van der Waals surface area contributed by atoms with E-state index < -0.39 is 11.9 Å². The molecule has 0 spiro atoms. The Balaban J connectivity index is 3.47. The van der Waals surface area contributed by atoms with E-state index in [2.05, 4.69) is 0 Å². The minimum Gasteiger partial charge on any atom is -0.478 e. The molecule has 0 radical (unpaired) electrons. The molecule has 0 atom stereocenters. The number of hydrogen-bond acceptors (Lipinski definition) is 2. The zero-order valence-corrected chi connectivity index (χ0v) is 11.5. The molecule has 0 saturated carbocycles. The lowest BCUT2D eigenvalue weighted by Gasteiger charge is -2.21. The van der Waals surface area contributed by atoms with Crippen LogP contribution in [0.1, 0.15) is 37.5 Å². The van der Waals surface area contributed by atoms with Crippen molar-refractivity contribution >= 4 is 17.5 Å². The highest BCUT2D eigenvalue weighted by atomic mass is 16.4. The van der Waals surface area contributed by atoms with Gasteiger partial charge in [-0.05, 0) is 29.0 Å². The van der Waals surface area contributed by atoms with Crippen LogP contribution in [0.4, 0.5) is 0 Å². The third kappa shape index (κ3) is 3.68. The fraction of sp³-hybridized carbons (Fsp3) is 0.333. The summed E-state index contributed by atoms with van der Waals surface area (Å²) in [5, 5.41) is 17.9. The molecule has 0 amide bonds. The van der Waals surface area contributed by atoms with Gasteiger partial charge in [-0.15, -0.1) is 0 Å². The van der Waals surface area contributed by atoms with Crippen molar-refractivity contribution in [2.75, 3.05) is 0 Å². The summed E-state index contributed by atoms with van der Waals surface area (Å²) in [6, 6.07) is 5.49. The molecule has 4 nitrogen and oxygen atoms in total. The van der Waals surface area contributed by atoms with E-state index in [9.17, 15) is 9.59 Å². The molecule has 0 bridgehead atoms. The van der Waals surface area contributed by atoms with Gasteiger partial charge in [0.1, 0.15) is 0 Å². The number of aryl methyl sites for hydroxylation is 1. The van der Waals surface area contributed by atoms with Crippen LogP contribution in [-0.2, 0) is 15.0 Å². The van der Waals surface area contributed by atoms with Gasteiger partial charge in [-0.1, -0.05) is 39.0 Å². The molecule has 0 aromatic heterocycles. The van der Waals surface area contributed by atoms with Gasteiger partial charge in [-0.2, -0.15) is 0 Å². The third-order valence-electron chi connectivity index (χ3n) is 2.89. The number of benzene rings is 1. The second kappa shape index (κ2) is 5.26.